The van der Waals surface area contributed by atoms with E-state index < -0.39 is 24.0 Å². The second-order valence-electron chi connectivity index (χ2n) is 4.80. The van der Waals surface area contributed by atoms with Crippen molar-refractivity contribution in [3.05, 3.63) is 42.0 Å². The maximum Gasteiger partial charge on any atom is 0.306 e. The summed E-state index contributed by atoms with van der Waals surface area (Å²) in [4.78, 5) is 22.9. The smallest absolute Gasteiger partial charge is 0.306 e. The molecule has 3 nitrogen and oxygen atoms in total. The van der Waals surface area contributed by atoms with Crippen LogP contribution in [-0.4, -0.2) is 23.0 Å². The molecule has 1 aromatic rings. The maximum absolute atomic E-state index is 14.2. The average Bonchev–Trinajstić information content (AvgIpc) is 2.41. The number of carbonyl (C=O) groups is 2. The van der Waals surface area contributed by atoms with E-state index in [9.17, 15) is 14.0 Å². The minimum absolute atomic E-state index is 0.0625. The van der Waals surface area contributed by atoms with Crippen LogP contribution in [0.2, 0.25) is 0 Å². The van der Waals surface area contributed by atoms with Crippen LogP contribution in [-0.2, 0) is 9.59 Å². The molecule has 0 fully saturated rings. The summed E-state index contributed by atoms with van der Waals surface area (Å²) >= 11 is 0. The van der Waals surface area contributed by atoms with Crippen LogP contribution in [0.25, 0.3) is 5.57 Å². The second-order valence-corrected chi connectivity index (χ2v) is 4.80. The standard InChI is InChI=1S/C15H15FO3/c1-9(15(18)19)11-7-13(16)12(8-14(11)17)10-5-3-2-4-6-10/h2-6,8-9,11,13H,7H2,1H3,(H,18,19). The minimum atomic E-state index is -1.30. The highest BCUT2D eigenvalue weighted by Gasteiger charge is 2.36. The Labute approximate surface area is 110 Å². The lowest BCUT2D eigenvalue weighted by molar-refractivity contribution is -0.145. The van der Waals surface area contributed by atoms with E-state index in [2.05, 4.69) is 0 Å². The Kier molecular flexibility index (Phi) is 3.79. The van der Waals surface area contributed by atoms with Crippen molar-refractivity contribution in [2.24, 2.45) is 11.8 Å². The first kappa shape index (κ1) is 13.5. The van der Waals surface area contributed by atoms with Crippen LogP contribution in [0, 0.1) is 11.8 Å². The third-order valence-electron chi connectivity index (χ3n) is 3.56. The summed E-state index contributed by atoms with van der Waals surface area (Å²) < 4.78 is 14.2. The molecule has 1 aromatic carbocycles. The van der Waals surface area contributed by atoms with E-state index in [0.717, 1.165) is 0 Å². The predicted molar refractivity (Wildman–Crippen MR) is 69.2 cm³/mol. The lowest BCUT2D eigenvalue weighted by Crippen LogP contribution is -2.33. The fourth-order valence-corrected chi connectivity index (χ4v) is 2.33. The van der Waals surface area contributed by atoms with Gasteiger partial charge in [0.2, 0.25) is 0 Å². The van der Waals surface area contributed by atoms with Gasteiger partial charge in [0.1, 0.15) is 6.17 Å². The van der Waals surface area contributed by atoms with Gasteiger partial charge in [0, 0.05) is 5.92 Å². The fraction of sp³-hybridized carbons (Fsp3) is 0.333. The topological polar surface area (TPSA) is 54.4 Å². The van der Waals surface area contributed by atoms with Crippen LogP contribution in [0.15, 0.2) is 36.4 Å². The van der Waals surface area contributed by atoms with Crippen LogP contribution >= 0.6 is 0 Å². The lowest BCUT2D eigenvalue weighted by atomic mass is 9.78. The third kappa shape index (κ3) is 2.72. The lowest BCUT2D eigenvalue weighted by Gasteiger charge is -2.26. The van der Waals surface area contributed by atoms with Crippen molar-refractivity contribution in [3.63, 3.8) is 0 Å². The van der Waals surface area contributed by atoms with Crippen molar-refractivity contribution in [3.8, 4) is 0 Å². The van der Waals surface area contributed by atoms with Crippen molar-refractivity contribution < 1.29 is 19.1 Å². The van der Waals surface area contributed by atoms with Gasteiger partial charge in [-0.25, -0.2) is 4.39 Å². The zero-order chi connectivity index (χ0) is 14.0. The van der Waals surface area contributed by atoms with Gasteiger partial charge < -0.3 is 5.11 Å². The molecule has 19 heavy (non-hydrogen) atoms. The molecule has 3 atom stereocenters. The van der Waals surface area contributed by atoms with Gasteiger partial charge in [-0.05, 0) is 23.6 Å². The molecule has 0 saturated carbocycles. The molecule has 1 aliphatic rings. The highest BCUT2D eigenvalue weighted by atomic mass is 19.1. The molecule has 1 aliphatic carbocycles. The second kappa shape index (κ2) is 5.34. The van der Waals surface area contributed by atoms with Crippen LogP contribution < -0.4 is 0 Å². The first-order valence-corrected chi connectivity index (χ1v) is 6.18. The summed E-state index contributed by atoms with van der Waals surface area (Å²) in [5.41, 5.74) is 1.02. The van der Waals surface area contributed by atoms with Crippen molar-refractivity contribution in [1.29, 1.82) is 0 Å². The number of allylic oxidation sites excluding steroid dienone is 2. The first-order valence-electron chi connectivity index (χ1n) is 6.18. The molecule has 0 heterocycles. The molecular formula is C15H15FO3. The van der Waals surface area contributed by atoms with Crippen LogP contribution in [0.3, 0.4) is 0 Å². The summed E-state index contributed by atoms with van der Waals surface area (Å²) in [7, 11) is 0. The predicted octanol–water partition coefficient (Wildman–Crippen LogP) is 2.72. The fourth-order valence-electron chi connectivity index (χ4n) is 2.33. The maximum atomic E-state index is 14.2. The normalized spacial score (nSPS) is 24.7. The van der Waals surface area contributed by atoms with Crippen LogP contribution in [0.1, 0.15) is 18.9 Å². The van der Waals surface area contributed by atoms with E-state index in [1.165, 1.54) is 13.0 Å². The first-order chi connectivity index (χ1) is 9.00. The number of benzene rings is 1. The molecular weight excluding hydrogens is 247 g/mol. The zero-order valence-electron chi connectivity index (χ0n) is 10.5. The monoisotopic (exact) mass is 262 g/mol. The van der Waals surface area contributed by atoms with Gasteiger partial charge in [0.05, 0.1) is 5.92 Å². The summed E-state index contributed by atoms with van der Waals surface area (Å²) in [6.45, 7) is 1.44. The summed E-state index contributed by atoms with van der Waals surface area (Å²) in [6, 6.07) is 8.86. The number of carboxylic acid groups (broad SMARTS) is 1. The minimum Gasteiger partial charge on any atom is -0.481 e. The van der Waals surface area contributed by atoms with E-state index in [1.54, 1.807) is 24.3 Å². The Hall–Kier alpha value is -1.97. The number of halogens is 1. The summed E-state index contributed by atoms with van der Waals surface area (Å²) in [5.74, 6) is -3.01. The van der Waals surface area contributed by atoms with Crippen LogP contribution in [0.5, 0.6) is 0 Å². The van der Waals surface area contributed by atoms with E-state index in [0.29, 0.717) is 11.1 Å². The van der Waals surface area contributed by atoms with E-state index in [1.807, 2.05) is 6.07 Å². The van der Waals surface area contributed by atoms with Gasteiger partial charge in [-0.1, -0.05) is 37.3 Å². The van der Waals surface area contributed by atoms with Gasteiger partial charge >= 0.3 is 5.97 Å². The van der Waals surface area contributed by atoms with E-state index >= 15 is 0 Å². The van der Waals surface area contributed by atoms with Gasteiger partial charge in [-0.15, -0.1) is 0 Å². The molecule has 0 aliphatic heterocycles. The van der Waals surface area contributed by atoms with Gasteiger partial charge in [0.15, 0.2) is 5.78 Å². The molecule has 0 saturated heterocycles. The molecule has 0 aromatic heterocycles. The average molecular weight is 262 g/mol. The summed E-state index contributed by atoms with van der Waals surface area (Å²) in [6.07, 6.45) is -0.104. The molecule has 4 heteroatoms. The SMILES string of the molecule is CC(C(=O)O)C1CC(F)C(c2ccccc2)=CC1=O. The van der Waals surface area contributed by atoms with Crippen molar-refractivity contribution >= 4 is 17.3 Å². The highest BCUT2D eigenvalue weighted by molar-refractivity contribution is 6.02. The van der Waals surface area contributed by atoms with E-state index in [4.69, 9.17) is 5.11 Å². The molecule has 100 valence electrons. The number of aliphatic carboxylic acids is 1. The Morgan fingerprint density at radius 1 is 1.37 bits per heavy atom. The molecule has 0 bridgehead atoms. The third-order valence-corrected chi connectivity index (χ3v) is 3.56. The number of alkyl halides is 1. The van der Waals surface area contributed by atoms with Gasteiger partial charge in [-0.3, -0.25) is 9.59 Å². The zero-order valence-corrected chi connectivity index (χ0v) is 10.5. The Bertz CT molecular complexity index is 521. The quantitative estimate of drug-likeness (QED) is 0.911. The molecule has 0 amide bonds. The van der Waals surface area contributed by atoms with Gasteiger partial charge in [0.25, 0.3) is 0 Å². The van der Waals surface area contributed by atoms with Crippen LogP contribution in [0.4, 0.5) is 4.39 Å². The van der Waals surface area contributed by atoms with Crippen molar-refractivity contribution in [1.82, 2.24) is 0 Å². The molecule has 1 N–H and O–H groups in total. The number of carboxylic acids is 1. The molecule has 0 spiro atoms. The Balaban J connectivity index is 2.29. The molecule has 2 rings (SSSR count). The number of hydrogen-bond acceptors (Lipinski definition) is 2. The Morgan fingerprint density at radius 2 is 2.00 bits per heavy atom. The number of rotatable bonds is 3. The number of ketones is 1. The number of hydrogen-bond donors (Lipinski definition) is 1. The Morgan fingerprint density at radius 3 is 2.58 bits per heavy atom. The largest absolute Gasteiger partial charge is 0.481 e. The molecule has 0 radical (unpaired) electrons. The van der Waals surface area contributed by atoms with Crippen molar-refractivity contribution in [2.75, 3.05) is 0 Å². The molecule has 3 unspecified atom stereocenters. The van der Waals surface area contributed by atoms with Crippen molar-refractivity contribution in [2.45, 2.75) is 19.5 Å². The summed E-state index contributed by atoms with van der Waals surface area (Å²) in [5, 5.41) is 8.93. The van der Waals surface area contributed by atoms with E-state index in [-0.39, 0.29) is 12.2 Å². The van der Waals surface area contributed by atoms with Gasteiger partial charge in [-0.2, -0.15) is 0 Å². The number of carbonyl (C=O) groups excluding carboxylic acids is 1. The highest BCUT2D eigenvalue weighted by Crippen LogP contribution is 2.34.